The summed E-state index contributed by atoms with van der Waals surface area (Å²) in [5.41, 5.74) is 0.0575. The monoisotopic (exact) mass is 654 g/mol. The second-order valence-corrected chi connectivity index (χ2v) is 11.4. The van der Waals surface area contributed by atoms with Crippen molar-refractivity contribution in [3.8, 4) is 23.3 Å². The molecule has 11 heteroatoms. The van der Waals surface area contributed by atoms with Crippen LogP contribution in [0.25, 0.3) is 0 Å². The zero-order chi connectivity index (χ0) is 34.1. The number of aliphatic hydroxyl groups excluding tert-OH is 1. The van der Waals surface area contributed by atoms with Crippen molar-refractivity contribution in [3.05, 3.63) is 128 Å². The number of H-pyrrole nitrogens is 1. The number of aliphatic carboxylic acids is 1. The summed E-state index contributed by atoms with van der Waals surface area (Å²) in [6.07, 6.45) is 0.187. The number of carbonyl (C=O) groups is 1. The summed E-state index contributed by atoms with van der Waals surface area (Å²) in [4.78, 5) is 38.3. The molecule has 0 unspecified atom stereocenters. The molecule has 4 aromatic rings. The van der Waals surface area contributed by atoms with Gasteiger partial charge in [0.25, 0.3) is 5.56 Å². The maximum atomic E-state index is 12.8. The van der Waals surface area contributed by atoms with Gasteiger partial charge in [-0.1, -0.05) is 66.4 Å². The van der Waals surface area contributed by atoms with Gasteiger partial charge in [-0.25, -0.2) is 4.79 Å². The third-order valence-corrected chi connectivity index (χ3v) is 8.29. The lowest BCUT2D eigenvalue weighted by atomic mass is 9.80. The van der Waals surface area contributed by atoms with E-state index in [0.717, 1.165) is 16.7 Å². The van der Waals surface area contributed by atoms with E-state index in [2.05, 4.69) is 16.8 Å². The summed E-state index contributed by atoms with van der Waals surface area (Å²) in [7, 11) is 3.20. The van der Waals surface area contributed by atoms with Crippen molar-refractivity contribution in [2.45, 2.75) is 56.1 Å². The molecule has 3 N–H and O–H groups in total. The van der Waals surface area contributed by atoms with Gasteiger partial charge in [0.1, 0.15) is 35.0 Å². The van der Waals surface area contributed by atoms with Gasteiger partial charge < -0.3 is 29.2 Å². The first-order valence-electron chi connectivity index (χ1n) is 15.6. The maximum absolute atomic E-state index is 12.8. The standard InChI is InChI=1S/C37H38N2O9/c1-45-29-18-14-27(15-19-29)37(26-11-7-5-8-12-26,28-16-20-30(46-2)21-17-28)47-24-32-31(40)22-33(48-32)39-23-25(35(43)38-36(39)44)10-6-3-4-9-13-34(41)42/h5,7-8,11-12,14-21,23,31-33,40H,3-4,9,13,22,24H2,1-2H3,(H,41,42)(H,38,43,44)/t31-,32-,33-/m1/s1. The van der Waals surface area contributed by atoms with Gasteiger partial charge in [-0.2, -0.15) is 0 Å². The first-order chi connectivity index (χ1) is 23.2. The van der Waals surface area contributed by atoms with E-state index in [0.29, 0.717) is 30.8 Å². The van der Waals surface area contributed by atoms with Crippen LogP contribution in [0.1, 0.15) is 60.6 Å². The average Bonchev–Trinajstić information content (AvgIpc) is 3.47. The highest BCUT2D eigenvalue weighted by atomic mass is 16.6. The molecule has 1 fully saturated rings. The number of nitrogens with one attached hydrogen (secondary N) is 1. The van der Waals surface area contributed by atoms with E-state index in [4.69, 9.17) is 24.1 Å². The first-order valence-corrected chi connectivity index (χ1v) is 15.6. The van der Waals surface area contributed by atoms with E-state index in [1.54, 1.807) is 14.2 Å². The number of nitrogens with zero attached hydrogens (tertiary/aromatic N) is 1. The predicted molar refractivity (Wildman–Crippen MR) is 177 cm³/mol. The minimum Gasteiger partial charge on any atom is -0.497 e. The van der Waals surface area contributed by atoms with E-state index in [9.17, 15) is 19.5 Å². The largest absolute Gasteiger partial charge is 0.497 e. The van der Waals surface area contributed by atoms with Crippen LogP contribution in [0.15, 0.2) is 94.6 Å². The van der Waals surface area contributed by atoms with Gasteiger partial charge in [0, 0.05) is 25.5 Å². The molecule has 3 aromatic carbocycles. The van der Waals surface area contributed by atoms with Crippen molar-refractivity contribution in [3.63, 3.8) is 0 Å². The number of rotatable bonds is 13. The zero-order valence-electron chi connectivity index (χ0n) is 26.8. The number of benzene rings is 3. The van der Waals surface area contributed by atoms with Gasteiger partial charge >= 0.3 is 11.7 Å². The summed E-state index contributed by atoms with van der Waals surface area (Å²) in [6, 6.07) is 24.9. The highest BCUT2D eigenvalue weighted by Crippen LogP contribution is 2.42. The minimum absolute atomic E-state index is 0.0476. The Kier molecular flexibility index (Phi) is 11.1. The smallest absolute Gasteiger partial charge is 0.330 e. The van der Waals surface area contributed by atoms with Crippen molar-refractivity contribution in [1.82, 2.24) is 9.55 Å². The third kappa shape index (κ3) is 7.69. The number of carboxylic acids is 1. The van der Waals surface area contributed by atoms with E-state index < -0.39 is 41.3 Å². The summed E-state index contributed by atoms with van der Waals surface area (Å²) in [6.45, 7) is -0.0499. The fourth-order valence-corrected chi connectivity index (χ4v) is 5.75. The highest BCUT2D eigenvalue weighted by Gasteiger charge is 2.42. The normalized spacial score (nSPS) is 17.4. The number of hydrogen-bond donors (Lipinski definition) is 3. The molecule has 0 amide bonds. The number of unbranched alkanes of at least 4 members (excludes halogenated alkanes) is 2. The third-order valence-electron chi connectivity index (χ3n) is 8.29. The SMILES string of the molecule is COc1ccc(C(OC[C@H]2O[C@@H](n3cc(C#CCCCCC(=O)O)c(=O)[nH]c3=O)C[C@H]2O)(c2ccccc2)c2ccc(OC)cc2)cc1. The lowest BCUT2D eigenvalue weighted by molar-refractivity contribution is -0.137. The molecule has 0 radical (unpaired) electrons. The van der Waals surface area contributed by atoms with Crippen molar-refractivity contribution in [2.75, 3.05) is 20.8 Å². The summed E-state index contributed by atoms with van der Waals surface area (Å²) < 4.78 is 25.1. The quantitative estimate of drug-likeness (QED) is 0.110. The van der Waals surface area contributed by atoms with Crippen LogP contribution in [0.2, 0.25) is 0 Å². The van der Waals surface area contributed by atoms with Crippen molar-refractivity contribution < 1.29 is 34.0 Å². The van der Waals surface area contributed by atoms with E-state index in [1.165, 1.54) is 10.8 Å². The van der Waals surface area contributed by atoms with Gasteiger partial charge in [0.2, 0.25) is 0 Å². The number of ether oxygens (including phenoxy) is 4. The Labute approximate surface area is 277 Å². The average molecular weight is 655 g/mol. The summed E-state index contributed by atoms with van der Waals surface area (Å²) >= 11 is 0. The second-order valence-electron chi connectivity index (χ2n) is 11.4. The summed E-state index contributed by atoms with van der Waals surface area (Å²) in [5.74, 6) is 6.12. The summed E-state index contributed by atoms with van der Waals surface area (Å²) in [5, 5.41) is 19.9. The Morgan fingerprint density at radius 3 is 2.12 bits per heavy atom. The van der Waals surface area contributed by atoms with Crippen LogP contribution in [-0.4, -0.2) is 58.8 Å². The number of hydrogen-bond acceptors (Lipinski definition) is 8. The molecule has 0 saturated carbocycles. The van der Waals surface area contributed by atoms with Crippen LogP contribution >= 0.6 is 0 Å². The molecule has 5 rings (SSSR count). The molecule has 3 atom stereocenters. The molecule has 0 bridgehead atoms. The fraction of sp³-hybridized carbons (Fsp3) is 0.324. The minimum atomic E-state index is -1.14. The number of aromatic nitrogens is 2. The topological polar surface area (TPSA) is 149 Å². The Balaban J connectivity index is 1.43. The maximum Gasteiger partial charge on any atom is 0.330 e. The van der Waals surface area contributed by atoms with Crippen LogP contribution in [0.4, 0.5) is 0 Å². The van der Waals surface area contributed by atoms with Crippen LogP contribution in [0.3, 0.4) is 0 Å². The molecule has 48 heavy (non-hydrogen) atoms. The predicted octanol–water partition coefficient (Wildman–Crippen LogP) is 4.21. The van der Waals surface area contributed by atoms with Gasteiger partial charge in [-0.05, 0) is 53.8 Å². The van der Waals surface area contributed by atoms with Gasteiger partial charge in [-0.3, -0.25) is 19.1 Å². The van der Waals surface area contributed by atoms with Crippen molar-refractivity contribution in [2.24, 2.45) is 0 Å². The first kappa shape index (κ1) is 34.2. The van der Waals surface area contributed by atoms with Gasteiger partial charge in [0.05, 0.1) is 26.9 Å². The van der Waals surface area contributed by atoms with Gasteiger partial charge in [-0.15, -0.1) is 0 Å². The van der Waals surface area contributed by atoms with E-state index in [1.807, 2.05) is 78.9 Å². The molecule has 1 saturated heterocycles. The lowest BCUT2D eigenvalue weighted by Crippen LogP contribution is -2.38. The number of methoxy groups -OCH3 is 2. The van der Waals surface area contributed by atoms with Gasteiger partial charge in [0.15, 0.2) is 0 Å². The molecule has 11 nitrogen and oxygen atoms in total. The molecular formula is C37H38N2O9. The van der Waals surface area contributed by atoms with E-state index >= 15 is 0 Å². The van der Waals surface area contributed by atoms with Crippen LogP contribution < -0.4 is 20.7 Å². The molecule has 1 aliphatic heterocycles. The lowest BCUT2D eigenvalue weighted by Gasteiger charge is -2.37. The molecule has 0 spiro atoms. The Bertz CT molecular complexity index is 1810. The van der Waals surface area contributed by atoms with Crippen LogP contribution in [-0.2, 0) is 19.9 Å². The molecular weight excluding hydrogens is 616 g/mol. The highest BCUT2D eigenvalue weighted by molar-refractivity contribution is 5.66. The Hall–Kier alpha value is -5.15. The number of aliphatic hydroxyl groups is 1. The molecule has 1 aromatic heterocycles. The van der Waals surface area contributed by atoms with Crippen LogP contribution in [0, 0.1) is 11.8 Å². The fourth-order valence-electron chi connectivity index (χ4n) is 5.75. The Morgan fingerprint density at radius 1 is 0.938 bits per heavy atom. The number of carboxylic acid groups (broad SMARTS) is 1. The molecule has 1 aliphatic rings. The number of aromatic amines is 1. The molecule has 2 heterocycles. The molecule has 250 valence electrons. The van der Waals surface area contributed by atoms with Crippen molar-refractivity contribution >= 4 is 5.97 Å². The van der Waals surface area contributed by atoms with Crippen LogP contribution in [0.5, 0.6) is 11.5 Å². The Morgan fingerprint density at radius 2 is 1.54 bits per heavy atom. The second kappa shape index (κ2) is 15.6. The van der Waals surface area contributed by atoms with E-state index in [-0.39, 0.29) is 25.0 Å². The zero-order valence-corrected chi connectivity index (χ0v) is 26.8. The van der Waals surface area contributed by atoms with Crippen molar-refractivity contribution in [1.29, 1.82) is 0 Å². The molecule has 0 aliphatic carbocycles.